The first-order valence-corrected chi connectivity index (χ1v) is 18.8. The minimum absolute atomic E-state index is 0.137. The number of rotatable bonds is 16. The normalized spacial score (nSPS) is 12.2. The fraction of sp³-hybridized carbons (Fsp3) is 0.362. The predicted molar refractivity (Wildman–Crippen MR) is 207 cm³/mol. The maximum Gasteiger partial charge on any atom is 0.335 e. The van der Waals surface area contributed by atoms with Gasteiger partial charge in [-0.2, -0.15) is 0 Å². The minimum atomic E-state index is -0.941. The highest BCUT2D eigenvalue weighted by atomic mass is 16.4. The SMILES string of the molecule is CCCCCCCCC1(CCCCCCCC)c2cc(C#Cc3ccc(C(=O)O)cc3)ccc2-c2ccc(C#Cc3ccc(C(=O)O)cc3)cc21. The average Bonchev–Trinajstić information content (AvgIpc) is 3.41. The molecule has 2 N–H and O–H groups in total. The van der Waals surface area contributed by atoms with Crippen LogP contribution in [0.1, 0.15) is 158 Å². The van der Waals surface area contributed by atoms with Crippen LogP contribution in [0.15, 0.2) is 84.9 Å². The highest BCUT2D eigenvalue weighted by Gasteiger charge is 2.42. The number of benzene rings is 4. The third-order valence-corrected chi connectivity index (χ3v) is 10.2. The molecule has 0 radical (unpaired) electrons. The minimum Gasteiger partial charge on any atom is -0.478 e. The van der Waals surface area contributed by atoms with E-state index in [-0.39, 0.29) is 16.5 Å². The van der Waals surface area contributed by atoms with Gasteiger partial charge < -0.3 is 10.2 Å². The summed E-state index contributed by atoms with van der Waals surface area (Å²) >= 11 is 0. The zero-order chi connectivity index (χ0) is 36.1. The lowest BCUT2D eigenvalue weighted by atomic mass is 9.70. The van der Waals surface area contributed by atoms with Gasteiger partial charge in [-0.05, 0) is 108 Å². The fourth-order valence-electron chi connectivity index (χ4n) is 7.41. The summed E-state index contributed by atoms with van der Waals surface area (Å²) in [6.45, 7) is 4.53. The van der Waals surface area contributed by atoms with Gasteiger partial charge >= 0.3 is 11.9 Å². The molecule has 0 saturated carbocycles. The van der Waals surface area contributed by atoms with E-state index in [2.05, 4.69) is 73.9 Å². The first kappa shape index (κ1) is 37.2. The van der Waals surface area contributed by atoms with Crippen LogP contribution in [0.4, 0.5) is 0 Å². The molecule has 5 rings (SSSR count). The standard InChI is InChI=1S/C47H50O4/c1-3-5-7-9-11-13-31-47(32-14-12-10-8-6-4-2)43-33-37(17-15-35-19-25-39(26-20-35)45(48)49)23-29-41(43)42-30-24-38(34-44(42)47)18-16-36-21-27-40(28-22-36)46(50)51/h19-30,33-34H,3-14,31-32H2,1-2H3,(H,48,49)(H,50,51). The van der Waals surface area contributed by atoms with Gasteiger partial charge in [0.25, 0.3) is 0 Å². The zero-order valence-corrected chi connectivity index (χ0v) is 30.2. The van der Waals surface area contributed by atoms with Crippen molar-refractivity contribution < 1.29 is 19.8 Å². The summed E-state index contributed by atoms with van der Waals surface area (Å²) in [5.41, 5.74) is 9.16. The van der Waals surface area contributed by atoms with Gasteiger partial charge in [0.1, 0.15) is 0 Å². The van der Waals surface area contributed by atoms with E-state index in [9.17, 15) is 19.8 Å². The van der Waals surface area contributed by atoms with Crippen molar-refractivity contribution >= 4 is 11.9 Å². The second-order valence-corrected chi connectivity index (χ2v) is 13.9. The monoisotopic (exact) mass is 678 g/mol. The molecule has 51 heavy (non-hydrogen) atoms. The van der Waals surface area contributed by atoms with Gasteiger partial charge in [-0.3, -0.25) is 0 Å². The van der Waals surface area contributed by atoms with Crippen molar-refractivity contribution in [1.82, 2.24) is 0 Å². The molecule has 0 fully saturated rings. The van der Waals surface area contributed by atoms with Gasteiger partial charge in [-0.15, -0.1) is 0 Å². The van der Waals surface area contributed by atoms with E-state index in [0.29, 0.717) is 0 Å². The molecule has 1 aliphatic carbocycles. The van der Waals surface area contributed by atoms with E-state index in [1.54, 1.807) is 48.5 Å². The summed E-state index contributed by atoms with van der Waals surface area (Å²) in [5.74, 6) is 11.4. The Bertz CT molecular complexity index is 1780. The Morgan fingerprint density at radius 3 is 1.18 bits per heavy atom. The molecule has 4 nitrogen and oxygen atoms in total. The summed E-state index contributed by atoms with van der Waals surface area (Å²) in [7, 11) is 0. The molecule has 0 heterocycles. The predicted octanol–water partition coefficient (Wildman–Crippen LogP) is 11.7. The van der Waals surface area contributed by atoms with Crippen molar-refractivity contribution in [2.75, 3.05) is 0 Å². The molecule has 0 atom stereocenters. The summed E-state index contributed by atoms with van der Waals surface area (Å²) in [4.78, 5) is 22.7. The van der Waals surface area contributed by atoms with Crippen LogP contribution in [0.5, 0.6) is 0 Å². The number of fused-ring (bicyclic) bond motifs is 3. The van der Waals surface area contributed by atoms with Crippen LogP contribution < -0.4 is 0 Å². The largest absolute Gasteiger partial charge is 0.478 e. The quantitative estimate of drug-likeness (QED) is 0.0913. The average molecular weight is 679 g/mol. The fourth-order valence-corrected chi connectivity index (χ4v) is 7.41. The summed E-state index contributed by atoms with van der Waals surface area (Å²) in [6, 6.07) is 26.8. The first-order chi connectivity index (χ1) is 24.8. The Kier molecular flexibility index (Phi) is 13.3. The van der Waals surface area contributed by atoms with Crippen LogP contribution in [-0.2, 0) is 5.41 Å². The molecule has 4 aromatic rings. The van der Waals surface area contributed by atoms with Crippen LogP contribution in [0.3, 0.4) is 0 Å². The van der Waals surface area contributed by atoms with Gasteiger partial charge in [0.05, 0.1) is 11.1 Å². The molecule has 0 amide bonds. The van der Waals surface area contributed by atoms with E-state index < -0.39 is 11.9 Å². The van der Waals surface area contributed by atoms with E-state index >= 15 is 0 Å². The highest BCUT2D eigenvalue weighted by molar-refractivity contribution is 5.88. The Balaban J connectivity index is 1.53. The number of hydrogen-bond donors (Lipinski definition) is 2. The zero-order valence-electron chi connectivity index (χ0n) is 30.2. The number of aromatic carboxylic acids is 2. The number of carbonyl (C=O) groups is 2. The number of unbranched alkanes of at least 4 members (excludes halogenated alkanes) is 10. The lowest BCUT2D eigenvalue weighted by Gasteiger charge is -2.33. The van der Waals surface area contributed by atoms with Crippen LogP contribution >= 0.6 is 0 Å². The van der Waals surface area contributed by atoms with Crippen LogP contribution in [-0.4, -0.2) is 22.2 Å². The molecular formula is C47H50O4. The van der Waals surface area contributed by atoms with E-state index in [1.165, 1.54) is 86.5 Å². The molecule has 0 unspecified atom stereocenters. The van der Waals surface area contributed by atoms with Crippen molar-refractivity contribution in [3.63, 3.8) is 0 Å². The molecule has 0 bridgehead atoms. The van der Waals surface area contributed by atoms with Gasteiger partial charge in [0.2, 0.25) is 0 Å². The van der Waals surface area contributed by atoms with Crippen LogP contribution in [0, 0.1) is 23.7 Å². The molecular weight excluding hydrogens is 629 g/mol. The molecule has 0 aromatic heterocycles. The van der Waals surface area contributed by atoms with Gasteiger partial charge in [-0.25, -0.2) is 9.59 Å². The molecule has 4 heteroatoms. The Morgan fingerprint density at radius 1 is 0.471 bits per heavy atom. The van der Waals surface area contributed by atoms with Gasteiger partial charge in [0.15, 0.2) is 0 Å². The third kappa shape index (κ3) is 9.59. The maximum atomic E-state index is 11.3. The maximum absolute atomic E-state index is 11.3. The van der Waals surface area contributed by atoms with Crippen LogP contribution in [0.25, 0.3) is 11.1 Å². The van der Waals surface area contributed by atoms with Crippen molar-refractivity contribution in [3.05, 3.63) is 129 Å². The molecule has 0 saturated heterocycles. The molecule has 0 aliphatic heterocycles. The van der Waals surface area contributed by atoms with Crippen molar-refractivity contribution in [3.8, 4) is 34.8 Å². The Labute approximate surface area is 304 Å². The summed E-state index contributed by atoms with van der Waals surface area (Å²) in [5, 5.41) is 18.6. The molecule has 0 spiro atoms. The topological polar surface area (TPSA) is 74.6 Å². The van der Waals surface area contributed by atoms with E-state index in [1.807, 2.05) is 0 Å². The van der Waals surface area contributed by atoms with Crippen molar-refractivity contribution in [2.24, 2.45) is 0 Å². The van der Waals surface area contributed by atoms with Crippen molar-refractivity contribution in [2.45, 2.75) is 109 Å². The lowest BCUT2D eigenvalue weighted by molar-refractivity contribution is 0.0686. The Morgan fingerprint density at radius 2 is 0.804 bits per heavy atom. The van der Waals surface area contributed by atoms with Crippen molar-refractivity contribution in [1.29, 1.82) is 0 Å². The summed E-state index contributed by atoms with van der Waals surface area (Å²) in [6.07, 6.45) is 17.1. The first-order valence-electron chi connectivity index (χ1n) is 18.8. The highest BCUT2D eigenvalue weighted by Crippen LogP contribution is 2.54. The molecule has 262 valence electrons. The second kappa shape index (κ2) is 18.3. The number of carboxylic acids is 2. The van der Waals surface area contributed by atoms with Gasteiger partial charge in [0, 0.05) is 27.7 Å². The molecule has 1 aliphatic rings. The second-order valence-electron chi connectivity index (χ2n) is 13.9. The van der Waals surface area contributed by atoms with E-state index in [0.717, 1.165) is 47.9 Å². The molecule has 4 aromatic carbocycles. The lowest BCUT2D eigenvalue weighted by Crippen LogP contribution is -2.26. The number of carboxylic acid groups (broad SMARTS) is 2. The van der Waals surface area contributed by atoms with Crippen LogP contribution in [0.2, 0.25) is 0 Å². The smallest absolute Gasteiger partial charge is 0.335 e. The Hall–Kier alpha value is -5.06. The summed E-state index contributed by atoms with van der Waals surface area (Å²) < 4.78 is 0. The number of hydrogen-bond acceptors (Lipinski definition) is 2. The van der Waals surface area contributed by atoms with E-state index in [4.69, 9.17) is 0 Å². The van der Waals surface area contributed by atoms with Gasteiger partial charge in [-0.1, -0.05) is 127 Å². The third-order valence-electron chi connectivity index (χ3n) is 10.2.